The maximum Gasteiger partial charge on any atom is 0.0352 e. The van der Waals surface area contributed by atoms with Gasteiger partial charge < -0.3 is 0 Å². The summed E-state index contributed by atoms with van der Waals surface area (Å²) in [4.78, 5) is 0. The molecule has 0 fully saturated rings. The second-order valence-electron chi connectivity index (χ2n) is 15.2. The Morgan fingerprint density at radius 1 is 0.196 bits per heavy atom. The van der Waals surface area contributed by atoms with Crippen molar-refractivity contribution >= 4 is 0 Å². The van der Waals surface area contributed by atoms with Crippen molar-refractivity contribution in [1.29, 1.82) is 0 Å². The minimum atomic E-state index is 0.171. The van der Waals surface area contributed by atoms with Gasteiger partial charge in [-0.2, -0.15) is 0 Å². The van der Waals surface area contributed by atoms with Gasteiger partial charge in [-0.15, -0.1) is 0 Å². The Kier molecular flexibility index (Phi) is 7.74. The van der Waals surface area contributed by atoms with Gasteiger partial charge in [0.2, 0.25) is 0 Å². The van der Waals surface area contributed by atoms with Crippen molar-refractivity contribution in [3.8, 4) is 66.8 Å². The third-order valence-electron chi connectivity index (χ3n) is 12.0. The van der Waals surface area contributed by atoms with Crippen molar-refractivity contribution in [2.75, 3.05) is 0 Å². The Hall–Kier alpha value is -7.02. The van der Waals surface area contributed by atoms with Crippen LogP contribution in [0.5, 0.6) is 0 Å². The summed E-state index contributed by atoms with van der Waals surface area (Å²) in [5.41, 5.74) is 23.4. The average Bonchev–Trinajstić information content (AvgIpc) is 3.78. The zero-order valence-electron chi connectivity index (χ0n) is 30.9. The molecule has 2 unspecified atom stereocenters. The predicted octanol–water partition coefficient (Wildman–Crippen LogP) is 14.7. The fourth-order valence-electron chi connectivity index (χ4n) is 9.40. The Morgan fingerprint density at radius 2 is 0.571 bits per heavy atom. The van der Waals surface area contributed by atoms with E-state index in [1.165, 1.54) is 100 Å². The molecular weight excluding hydrogens is 673 g/mol. The molecule has 0 N–H and O–H groups in total. The van der Waals surface area contributed by atoms with Gasteiger partial charge in [0.25, 0.3) is 0 Å². The van der Waals surface area contributed by atoms with E-state index in [1.54, 1.807) is 0 Å². The summed E-state index contributed by atoms with van der Waals surface area (Å²) in [5, 5.41) is 0. The van der Waals surface area contributed by atoms with E-state index in [4.69, 9.17) is 0 Å². The average molecular weight is 711 g/mol. The van der Waals surface area contributed by atoms with E-state index in [2.05, 4.69) is 218 Å². The topological polar surface area (TPSA) is 0 Å². The predicted molar refractivity (Wildman–Crippen MR) is 234 cm³/mol. The van der Waals surface area contributed by atoms with Crippen LogP contribution in [0.1, 0.15) is 45.2 Å². The van der Waals surface area contributed by atoms with Crippen LogP contribution in [0.25, 0.3) is 66.8 Å². The van der Waals surface area contributed by atoms with Crippen LogP contribution in [0.15, 0.2) is 218 Å². The SMILES string of the molecule is c1ccc(-c2cc(-c3ccccc3)cc(-c3cccc(-c4ccc(C5c6ccccc6-c6cc7c(cc65)C(c5ccccc5)c5ccccc5-7)cc4)c3)c2)cc1. The molecule has 2 aliphatic carbocycles. The zero-order valence-corrected chi connectivity index (χ0v) is 30.9. The second kappa shape index (κ2) is 13.4. The van der Waals surface area contributed by atoms with Gasteiger partial charge in [-0.3, -0.25) is 0 Å². The van der Waals surface area contributed by atoms with E-state index < -0.39 is 0 Å². The first-order valence-electron chi connectivity index (χ1n) is 19.6. The van der Waals surface area contributed by atoms with Gasteiger partial charge in [0, 0.05) is 11.8 Å². The molecule has 0 heteroatoms. The molecule has 56 heavy (non-hydrogen) atoms. The largest absolute Gasteiger partial charge is 0.0622 e. The monoisotopic (exact) mass is 710 g/mol. The smallest absolute Gasteiger partial charge is 0.0352 e. The summed E-state index contributed by atoms with van der Waals surface area (Å²) in [6, 6.07) is 80.8. The molecule has 0 saturated heterocycles. The first-order valence-corrected chi connectivity index (χ1v) is 19.6. The van der Waals surface area contributed by atoms with Gasteiger partial charge in [0.1, 0.15) is 0 Å². The fourth-order valence-corrected chi connectivity index (χ4v) is 9.40. The lowest BCUT2D eigenvalue weighted by Crippen LogP contribution is -2.02. The van der Waals surface area contributed by atoms with E-state index in [1.807, 2.05) is 0 Å². The number of hydrogen-bond acceptors (Lipinski definition) is 0. The molecule has 0 heterocycles. The van der Waals surface area contributed by atoms with Gasteiger partial charge in [-0.05, 0) is 130 Å². The summed E-state index contributed by atoms with van der Waals surface area (Å²) in [5.74, 6) is 0.396. The Bertz CT molecular complexity index is 2830. The molecule has 0 spiro atoms. The summed E-state index contributed by atoms with van der Waals surface area (Å²) in [7, 11) is 0. The van der Waals surface area contributed by atoms with Crippen molar-refractivity contribution in [1.82, 2.24) is 0 Å². The van der Waals surface area contributed by atoms with E-state index in [-0.39, 0.29) is 11.8 Å². The van der Waals surface area contributed by atoms with Gasteiger partial charge in [0.15, 0.2) is 0 Å². The van der Waals surface area contributed by atoms with Crippen molar-refractivity contribution < 1.29 is 0 Å². The highest BCUT2D eigenvalue weighted by Gasteiger charge is 2.36. The summed E-state index contributed by atoms with van der Waals surface area (Å²) < 4.78 is 0. The molecule has 0 amide bonds. The maximum atomic E-state index is 2.54. The summed E-state index contributed by atoms with van der Waals surface area (Å²) >= 11 is 0. The minimum Gasteiger partial charge on any atom is -0.0622 e. The number of hydrogen-bond donors (Lipinski definition) is 0. The maximum absolute atomic E-state index is 2.54. The molecule has 0 saturated carbocycles. The minimum absolute atomic E-state index is 0.171. The molecule has 0 bridgehead atoms. The van der Waals surface area contributed by atoms with Gasteiger partial charge in [-0.1, -0.05) is 188 Å². The lowest BCUT2D eigenvalue weighted by molar-refractivity contribution is 0.982. The molecule has 2 atom stereocenters. The summed E-state index contributed by atoms with van der Waals surface area (Å²) in [6.45, 7) is 0. The quantitative estimate of drug-likeness (QED) is 0.161. The highest BCUT2D eigenvalue weighted by molar-refractivity contribution is 5.90. The number of benzene rings is 9. The van der Waals surface area contributed by atoms with Crippen LogP contribution in [-0.4, -0.2) is 0 Å². The van der Waals surface area contributed by atoms with Crippen LogP contribution in [-0.2, 0) is 0 Å². The van der Waals surface area contributed by atoms with E-state index in [9.17, 15) is 0 Å². The highest BCUT2D eigenvalue weighted by atomic mass is 14.4. The van der Waals surface area contributed by atoms with E-state index >= 15 is 0 Å². The Balaban J connectivity index is 0.977. The molecule has 9 aromatic carbocycles. The van der Waals surface area contributed by atoms with Crippen LogP contribution in [0, 0.1) is 0 Å². The normalized spacial score (nSPS) is 14.8. The second-order valence-corrected chi connectivity index (χ2v) is 15.2. The molecular formula is C56H38. The lowest BCUT2D eigenvalue weighted by atomic mass is 9.84. The van der Waals surface area contributed by atoms with Gasteiger partial charge in [-0.25, -0.2) is 0 Å². The van der Waals surface area contributed by atoms with E-state index in [0.29, 0.717) is 0 Å². The number of rotatable bonds is 6. The molecule has 0 radical (unpaired) electrons. The third-order valence-corrected chi connectivity index (χ3v) is 12.0. The first kappa shape index (κ1) is 32.4. The van der Waals surface area contributed by atoms with Crippen molar-refractivity contribution in [3.63, 3.8) is 0 Å². The van der Waals surface area contributed by atoms with Crippen LogP contribution in [0.3, 0.4) is 0 Å². The molecule has 0 aliphatic heterocycles. The van der Waals surface area contributed by atoms with Crippen LogP contribution >= 0.6 is 0 Å². The fraction of sp³-hybridized carbons (Fsp3) is 0.0357. The summed E-state index contributed by atoms with van der Waals surface area (Å²) in [6.07, 6.45) is 0. The third kappa shape index (κ3) is 5.45. The lowest BCUT2D eigenvalue weighted by Gasteiger charge is -2.19. The van der Waals surface area contributed by atoms with Gasteiger partial charge in [0.05, 0.1) is 0 Å². The van der Waals surface area contributed by atoms with Crippen LogP contribution in [0.2, 0.25) is 0 Å². The van der Waals surface area contributed by atoms with Crippen molar-refractivity contribution in [2.24, 2.45) is 0 Å². The van der Waals surface area contributed by atoms with Crippen LogP contribution < -0.4 is 0 Å². The van der Waals surface area contributed by atoms with Crippen molar-refractivity contribution in [3.05, 3.63) is 252 Å². The van der Waals surface area contributed by atoms with Crippen molar-refractivity contribution in [2.45, 2.75) is 11.8 Å². The molecule has 9 aromatic rings. The Morgan fingerprint density at radius 3 is 1.11 bits per heavy atom. The van der Waals surface area contributed by atoms with Gasteiger partial charge >= 0.3 is 0 Å². The molecule has 0 aromatic heterocycles. The van der Waals surface area contributed by atoms with Crippen LogP contribution in [0.4, 0.5) is 0 Å². The highest BCUT2D eigenvalue weighted by Crippen LogP contribution is 2.55. The zero-order chi connectivity index (χ0) is 37.0. The Labute approximate surface area is 329 Å². The number of fused-ring (bicyclic) bond motifs is 6. The molecule has 262 valence electrons. The standard InChI is InChI=1S/C56H38/c1-4-15-37(16-5-1)44-32-45(38-17-6-2-7-18-38)34-46(33-44)43-22-14-21-42(31-43)39-27-29-41(30-28-39)56-50-26-13-11-24-48(50)52-35-51-47-23-10-12-25-49(47)55(53(51)36-54(52)56)40-19-8-3-9-20-40/h1-36,55-56H. The molecule has 11 rings (SSSR count). The molecule has 0 nitrogen and oxygen atoms in total. The molecule has 2 aliphatic rings. The van der Waals surface area contributed by atoms with E-state index in [0.717, 1.165) is 0 Å². The first-order chi connectivity index (χ1) is 27.8.